The molecule has 2 N–H and O–H groups in total. The quantitative estimate of drug-likeness (QED) is 0.319. The Morgan fingerprint density at radius 1 is 0.969 bits per heavy atom. The molecule has 0 radical (unpaired) electrons. The van der Waals surface area contributed by atoms with Crippen molar-refractivity contribution in [1.82, 2.24) is 0 Å². The Morgan fingerprint density at radius 2 is 1.59 bits per heavy atom. The molecule has 0 saturated carbocycles. The number of fused-ring (bicyclic) bond motifs is 1. The van der Waals surface area contributed by atoms with Gasteiger partial charge in [-0.25, -0.2) is 4.79 Å². The first-order chi connectivity index (χ1) is 15.4. The fourth-order valence-electron chi connectivity index (χ4n) is 4.24. The van der Waals surface area contributed by atoms with Gasteiger partial charge in [-0.1, -0.05) is 61.8 Å². The minimum absolute atomic E-state index is 0.492. The molecule has 1 aromatic heterocycles. The lowest BCUT2D eigenvalue weighted by Crippen LogP contribution is -2.32. The predicted octanol–water partition coefficient (Wildman–Crippen LogP) is 8.18. The number of para-hydroxylation sites is 1. The number of amides is 2. The van der Waals surface area contributed by atoms with Gasteiger partial charge in [0.15, 0.2) is 0 Å². The van der Waals surface area contributed by atoms with E-state index in [1.807, 2.05) is 30.3 Å². The third kappa shape index (κ3) is 3.78. The van der Waals surface area contributed by atoms with Crippen LogP contribution in [-0.4, -0.2) is 6.03 Å². The Bertz CT molecular complexity index is 1300. The Hall–Kier alpha value is -2.82. The first-order valence-corrected chi connectivity index (χ1v) is 12.1. The molecule has 0 atom stereocenters. The second kappa shape index (κ2) is 8.97. The molecule has 1 heterocycles. The summed E-state index contributed by atoms with van der Waals surface area (Å²) in [4.78, 5) is 14.7. The van der Waals surface area contributed by atoms with E-state index in [9.17, 15) is 4.79 Å². The van der Waals surface area contributed by atoms with Gasteiger partial charge in [0.05, 0.1) is 5.69 Å². The topological polar surface area (TPSA) is 46.3 Å². The van der Waals surface area contributed by atoms with Crippen molar-refractivity contribution in [2.24, 2.45) is 5.73 Å². The van der Waals surface area contributed by atoms with Crippen molar-refractivity contribution in [2.75, 3.05) is 4.90 Å². The molecule has 5 heteroatoms. The average Bonchev–Trinajstić information content (AvgIpc) is 3.11. The second-order valence-corrected chi connectivity index (χ2v) is 9.44. The molecule has 2 amide bonds. The zero-order valence-corrected chi connectivity index (χ0v) is 20.4. The van der Waals surface area contributed by atoms with Crippen molar-refractivity contribution in [3.05, 3.63) is 81.9 Å². The van der Waals surface area contributed by atoms with E-state index in [-0.39, 0.29) is 0 Å². The summed E-state index contributed by atoms with van der Waals surface area (Å²) in [7, 11) is 0. The Labute approximate surface area is 198 Å². The van der Waals surface area contributed by atoms with Crippen molar-refractivity contribution in [3.63, 3.8) is 0 Å². The maximum Gasteiger partial charge on any atom is 0.324 e. The number of hydrogen-bond donors (Lipinski definition) is 1. The van der Waals surface area contributed by atoms with Crippen LogP contribution >= 0.6 is 22.9 Å². The van der Waals surface area contributed by atoms with Gasteiger partial charge < -0.3 is 5.73 Å². The fourth-order valence-corrected chi connectivity index (χ4v) is 5.78. The standard InChI is InChI=1S/C27H27ClN2OS/c1-5-18-10-9-11-19(6-2)25(18)30(27(29)31)26-24(20-12-7-8-13-22(20)28)21-14-16(3)17(4)15-23(21)32-26/h7-15H,5-6H2,1-4H3,(H2,29,31). The fraction of sp³-hybridized carbons (Fsp3) is 0.222. The number of thiophene rings is 1. The second-order valence-electron chi connectivity index (χ2n) is 8.00. The van der Waals surface area contributed by atoms with Gasteiger partial charge in [-0.2, -0.15) is 0 Å². The van der Waals surface area contributed by atoms with E-state index in [1.54, 1.807) is 16.2 Å². The first-order valence-electron chi connectivity index (χ1n) is 10.9. The van der Waals surface area contributed by atoms with Gasteiger partial charge in [0, 0.05) is 26.2 Å². The summed E-state index contributed by atoms with van der Waals surface area (Å²) in [6.45, 7) is 8.42. The highest BCUT2D eigenvalue weighted by Gasteiger charge is 2.28. The highest BCUT2D eigenvalue weighted by molar-refractivity contribution is 7.24. The number of nitrogens with two attached hydrogens (primary N) is 1. The van der Waals surface area contributed by atoms with Gasteiger partial charge in [-0.15, -0.1) is 11.3 Å². The van der Waals surface area contributed by atoms with Crippen LogP contribution in [0.5, 0.6) is 0 Å². The average molecular weight is 463 g/mol. The maximum atomic E-state index is 13.0. The summed E-state index contributed by atoms with van der Waals surface area (Å²) in [6.07, 6.45) is 1.61. The van der Waals surface area contributed by atoms with E-state index in [0.717, 1.165) is 55.9 Å². The molecule has 4 rings (SSSR count). The van der Waals surface area contributed by atoms with E-state index in [1.165, 1.54) is 11.1 Å². The van der Waals surface area contributed by atoms with Crippen molar-refractivity contribution in [1.29, 1.82) is 0 Å². The van der Waals surface area contributed by atoms with E-state index in [0.29, 0.717) is 5.02 Å². The minimum atomic E-state index is -0.492. The molecule has 32 heavy (non-hydrogen) atoms. The smallest absolute Gasteiger partial charge is 0.324 e. The third-order valence-corrected chi connectivity index (χ3v) is 7.51. The maximum absolute atomic E-state index is 13.0. The van der Waals surface area contributed by atoms with Crippen LogP contribution < -0.4 is 10.6 Å². The van der Waals surface area contributed by atoms with Crippen molar-refractivity contribution < 1.29 is 4.79 Å². The van der Waals surface area contributed by atoms with Crippen LogP contribution in [0, 0.1) is 13.8 Å². The molecule has 0 bridgehead atoms. The number of hydrogen-bond acceptors (Lipinski definition) is 2. The van der Waals surface area contributed by atoms with E-state index in [2.05, 4.69) is 52.0 Å². The molecule has 164 valence electrons. The van der Waals surface area contributed by atoms with Crippen LogP contribution in [0.15, 0.2) is 54.6 Å². The number of rotatable bonds is 5. The molecular formula is C27H27ClN2OS. The first kappa shape index (κ1) is 22.4. The van der Waals surface area contributed by atoms with Crippen molar-refractivity contribution in [2.45, 2.75) is 40.5 Å². The summed E-state index contributed by atoms with van der Waals surface area (Å²) in [5.74, 6) is 0. The zero-order chi connectivity index (χ0) is 23.0. The van der Waals surface area contributed by atoms with Crippen LogP contribution in [0.1, 0.15) is 36.1 Å². The van der Waals surface area contributed by atoms with Crippen LogP contribution in [-0.2, 0) is 12.8 Å². The van der Waals surface area contributed by atoms with Crippen molar-refractivity contribution >= 4 is 49.7 Å². The summed E-state index contributed by atoms with van der Waals surface area (Å²) >= 11 is 8.26. The number of anilines is 2. The third-order valence-electron chi connectivity index (χ3n) is 6.04. The highest BCUT2D eigenvalue weighted by Crippen LogP contribution is 2.50. The van der Waals surface area contributed by atoms with Gasteiger partial charge in [-0.3, -0.25) is 4.90 Å². The summed E-state index contributed by atoms with van der Waals surface area (Å²) < 4.78 is 1.11. The van der Waals surface area contributed by atoms with Gasteiger partial charge in [0.2, 0.25) is 0 Å². The van der Waals surface area contributed by atoms with Crippen LogP contribution in [0.2, 0.25) is 5.02 Å². The molecule has 0 spiro atoms. The van der Waals surface area contributed by atoms with Crippen LogP contribution in [0.25, 0.3) is 21.2 Å². The number of urea groups is 1. The Balaban J connectivity index is 2.13. The molecular weight excluding hydrogens is 436 g/mol. The number of carbonyl (C=O) groups excluding carboxylic acids is 1. The molecule has 0 aliphatic heterocycles. The molecule has 0 aliphatic rings. The number of benzene rings is 3. The molecule has 3 nitrogen and oxygen atoms in total. The molecule has 0 unspecified atom stereocenters. The van der Waals surface area contributed by atoms with Crippen LogP contribution in [0.4, 0.5) is 15.5 Å². The zero-order valence-electron chi connectivity index (χ0n) is 18.8. The molecule has 0 fully saturated rings. The minimum Gasteiger partial charge on any atom is -0.351 e. The lowest BCUT2D eigenvalue weighted by Gasteiger charge is -2.26. The number of halogens is 1. The van der Waals surface area contributed by atoms with Gasteiger partial charge in [-0.05, 0) is 67.1 Å². The lowest BCUT2D eigenvalue weighted by atomic mass is 9.98. The Morgan fingerprint density at radius 3 is 2.19 bits per heavy atom. The highest BCUT2D eigenvalue weighted by atomic mass is 35.5. The molecule has 4 aromatic rings. The van der Waals surface area contributed by atoms with E-state index >= 15 is 0 Å². The monoisotopic (exact) mass is 462 g/mol. The number of nitrogens with zero attached hydrogens (tertiary/aromatic N) is 1. The predicted molar refractivity (Wildman–Crippen MR) is 139 cm³/mol. The molecule has 0 aliphatic carbocycles. The SMILES string of the molecule is CCc1cccc(CC)c1N(C(N)=O)c1sc2cc(C)c(C)cc2c1-c1ccccc1Cl. The summed E-state index contributed by atoms with van der Waals surface area (Å²) in [6, 6.07) is 17.9. The Kier molecular flexibility index (Phi) is 6.27. The number of carbonyl (C=O) groups is 1. The lowest BCUT2D eigenvalue weighted by molar-refractivity contribution is 0.256. The van der Waals surface area contributed by atoms with Crippen LogP contribution in [0.3, 0.4) is 0 Å². The largest absolute Gasteiger partial charge is 0.351 e. The van der Waals surface area contributed by atoms with Gasteiger partial charge in [0.25, 0.3) is 0 Å². The van der Waals surface area contributed by atoms with E-state index in [4.69, 9.17) is 17.3 Å². The normalized spacial score (nSPS) is 11.2. The van der Waals surface area contributed by atoms with E-state index < -0.39 is 6.03 Å². The van der Waals surface area contributed by atoms with Crippen molar-refractivity contribution in [3.8, 4) is 11.1 Å². The number of primary amides is 1. The summed E-state index contributed by atoms with van der Waals surface area (Å²) in [5, 5.41) is 2.54. The molecule has 3 aromatic carbocycles. The van der Waals surface area contributed by atoms with Gasteiger partial charge in [0.1, 0.15) is 5.00 Å². The molecule has 0 saturated heterocycles. The van der Waals surface area contributed by atoms with Gasteiger partial charge >= 0.3 is 6.03 Å². The summed E-state index contributed by atoms with van der Waals surface area (Å²) in [5.41, 5.74) is 13.4. The number of aryl methyl sites for hydroxylation is 4.